The van der Waals surface area contributed by atoms with E-state index in [1.807, 2.05) is 0 Å². The number of Topliss-reactive ketones (excluding diaryl/α,β-unsaturated/α-hetero) is 2. The van der Waals surface area contributed by atoms with Crippen molar-refractivity contribution in [2.45, 2.75) is 51.3 Å². The van der Waals surface area contributed by atoms with Crippen LogP contribution in [0.5, 0.6) is 0 Å². The Hall–Kier alpha value is -0.780. The molecule has 0 aromatic carbocycles. The van der Waals surface area contributed by atoms with Gasteiger partial charge in [0.1, 0.15) is 11.6 Å². The van der Waals surface area contributed by atoms with Crippen LogP contribution in [0.3, 0.4) is 0 Å². The third-order valence-electron chi connectivity index (χ3n) is 3.47. The standard InChI is InChI=1S/C7H13NO2.C6H11NO/c1-5(9)7-3-6(10-2)4-8-7;1-5(8)6-3-2-4-7-6/h6-8H,3-4H2,1-2H3;6-7H,2-4H2,1H3/t;6-/m.0/s1. The number of ketones is 2. The molecule has 2 saturated heterocycles. The van der Waals surface area contributed by atoms with Crippen LogP contribution >= 0.6 is 0 Å². The predicted molar refractivity (Wildman–Crippen MR) is 69.6 cm³/mol. The largest absolute Gasteiger partial charge is 0.380 e. The lowest BCUT2D eigenvalue weighted by Gasteiger charge is -2.04. The average Bonchev–Trinajstić information content (AvgIpc) is 3.01. The molecule has 3 atom stereocenters. The summed E-state index contributed by atoms with van der Waals surface area (Å²) >= 11 is 0. The van der Waals surface area contributed by atoms with E-state index in [9.17, 15) is 9.59 Å². The molecule has 18 heavy (non-hydrogen) atoms. The van der Waals surface area contributed by atoms with Crippen LogP contribution in [-0.4, -0.2) is 50.0 Å². The highest BCUT2D eigenvalue weighted by molar-refractivity contribution is 5.82. The van der Waals surface area contributed by atoms with Gasteiger partial charge in [-0.3, -0.25) is 9.59 Å². The molecule has 2 heterocycles. The molecule has 2 rings (SSSR count). The molecule has 2 aliphatic heterocycles. The van der Waals surface area contributed by atoms with Crippen molar-refractivity contribution in [1.82, 2.24) is 10.6 Å². The van der Waals surface area contributed by atoms with Crippen molar-refractivity contribution in [3.8, 4) is 0 Å². The van der Waals surface area contributed by atoms with Gasteiger partial charge in [-0.1, -0.05) is 0 Å². The van der Waals surface area contributed by atoms with E-state index < -0.39 is 0 Å². The van der Waals surface area contributed by atoms with Crippen molar-refractivity contribution in [3.05, 3.63) is 0 Å². The fourth-order valence-corrected chi connectivity index (χ4v) is 2.22. The van der Waals surface area contributed by atoms with Crippen molar-refractivity contribution >= 4 is 11.6 Å². The average molecular weight is 256 g/mol. The van der Waals surface area contributed by atoms with E-state index in [-0.39, 0.29) is 29.8 Å². The van der Waals surface area contributed by atoms with Crippen LogP contribution in [0.15, 0.2) is 0 Å². The lowest BCUT2D eigenvalue weighted by Crippen LogP contribution is -2.28. The molecule has 2 fully saturated rings. The van der Waals surface area contributed by atoms with Gasteiger partial charge in [-0.05, 0) is 39.7 Å². The Bertz CT molecular complexity index is 288. The second-order valence-corrected chi connectivity index (χ2v) is 4.92. The molecule has 104 valence electrons. The SMILES string of the molecule is CC(=O)[C@@H]1CCCN1.COC1CNC(C(C)=O)C1. The Morgan fingerprint density at radius 1 is 1.11 bits per heavy atom. The van der Waals surface area contributed by atoms with Crippen LogP contribution in [0, 0.1) is 0 Å². The number of carbonyl (C=O) groups is 2. The zero-order chi connectivity index (χ0) is 13.5. The molecule has 0 amide bonds. The van der Waals surface area contributed by atoms with Crippen molar-refractivity contribution in [2.75, 3.05) is 20.2 Å². The normalized spacial score (nSPS) is 30.7. The molecule has 0 aromatic heterocycles. The molecule has 2 aliphatic rings. The van der Waals surface area contributed by atoms with E-state index in [0.29, 0.717) is 0 Å². The van der Waals surface area contributed by atoms with Gasteiger partial charge in [-0.25, -0.2) is 0 Å². The maximum Gasteiger partial charge on any atom is 0.146 e. The molecule has 0 spiro atoms. The summed E-state index contributed by atoms with van der Waals surface area (Å²) in [6.45, 7) is 5.07. The monoisotopic (exact) mass is 256 g/mol. The van der Waals surface area contributed by atoms with E-state index in [2.05, 4.69) is 10.6 Å². The molecular formula is C13H24N2O3. The first-order chi connectivity index (χ1) is 8.54. The zero-order valence-corrected chi connectivity index (χ0v) is 11.5. The Morgan fingerprint density at radius 3 is 2.06 bits per heavy atom. The number of ether oxygens (including phenoxy) is 1. The summed E-state index contributed by atoms with van der Waals surface area (Å²) in [5.41, 5.74) is 0. The maximum absolute atomic E-state index is 10.8. The smallest absolute Gasteiger partial charge is 0.146 e. The first kappa shape index (κ1) is 15.3. The number of hydrogen-bond donors (Lipinski definition) is 2. The summed E-state index contributed by atoms with van der Waals surface area (Å²) in [4.78, 5) is 21.4. The second-order valence-electron chi connectivity index (χ2n) is 4.92. The minimum atomic E-state index is 0.0324. The number of carbonyl (C=O) groups excluding carboxylic acids is 2. The van der Waals surface area contributed by atoms with E-state index >= 15 is 0 Å². The van der Waals surface area contributed by atoms with Gasteiger partial charge in [0.15, 0.2) is 0 Å². The molecule has 2 N–H and O–H groups in total. The van der Waals surface area contributed by atoms with Gasteiger partial charge in [-0.2, -0.15) is 0 Å². The van der Waals surface area contributed by atoms with Crippen molar-refractivity contribution in [3.63, 3.8) is 0 Å². The molecular weight excluding hydrogens is 232 g/mol. The molecule has 2 unspecified atom stereocenters. The predicted octanol–water partition coefficient (Wildman–Crippen LogP) is 0.280. The first-order valence-corrected chi connectivity index (χ1v) is 6.55. The fraction of sp³-hybridized carbons (Fsp3) is 0.846. The Kier molecular flexibility index (Phi) is 6.46. The lowest BCUT2D eigenvalue weighted by molar-refractivity contribution is -0.119. The van der Waals surface area contributed by atoms with Crippen LogP contribution in [0.1, 0.15) is 33.1 Å². The Morgan fingerprint density at radius 2 is 1.78 bits per heavy atom. The lowest BCUT2D eigenvalue weighted by atomic mass is 10.1. The van der Waals surface area contributed by atoms with Gasteiger partial charge in [0, 0.05) is 13.7 Å². The summed E-state index contributed by atoms with van der Waals surface area (Å²) in [6, 6.07) is 0.208. The summed E-state index contributed by atoms with van der Waals surface area (Å²) < 4.78 is 5.08. The molecule has 0 bridgehead atoms. The van der Waals surface area contributed by atoms with Crippen LogP contribution < -0.4 is 10.6 Å². The molecule has 0 aromatic rings. The maximum atomic E-state index is 10.8. The summed E-state index contributed by atoms with van der Waals surface area (Å²) in [6.07, 6.45) is 3.25. The van der Waals surface area contributed by atoms with Gasteiger partial charge in [0.05, 0.1) is 18.2 Å². The van der Waals surface area contributed by atoms with Gasteiger partial charge < -0.3 is 15.4 Å². The van der Waals surface area contributed by atoms with Gasteiger partial charge >= 0.3 is 0 Å². The van der Waals surface area contributed by atoms with E-state index in [1.54, 1.807) is 21.0 Å². The third kappa shape index (κ3) is 4.84. The van der Waals surface area contributed by atoms with E-state index in [1.165, 1.54) is 0 Å². The minimum absolute atomic E-state index is 0.0324. The van der Waals surface area contributed by atoms with Gasteiger partial charge in [0.25, 0.3) is 0 Å². The molecule has 0 aliphatic carbocycles. The molecule has 5 heteroatoms. The number of nitrogens with one attached hydrogen (secondary N) is 2. The van der Waals surface area contributed by atoms with Crippen LogP contribution in [0.2, 0.25) is 0 Å². The molecule has 0 radical (unpaired) electrons. The van der Waals surface area contributed by atoms with Crippen LogP contribution in [0.4, 0.5) is 0 Å². The van der Waals surface area contributed by atoms with Crippen molar-refractivity contribution in [2.24, 2.45) is 0 Å². The van der Waals surface area contributed by atoms with E-state index in [4.69, 9.17) is 4.74 Å². The second kappa shape index (κ2) is 7.61. The fourth-order valence-electron chi connectivity index (χ4n) is 2.22. The summed E-state index contributed by atoms with van der Waals surface area (Å²) in [7, 11) is 1.68. The van der Waals surface area contributed by atoms with Gasteiger partial charge in [0.2, 0.25) is 0 Å². The number of rotatable bonds is 3. The summed E-state index contributed by atoms with van der Waals surface area (Å²) in [5.74, 6) is 0.488. The zero-order valence-electron chi connectivity index (χ0n) is 11.5. The summed E-state index contributed by atoms with van der Waals surface area (Å²) in [5, 5.41) is 6.19. The molecule has 0 saturated carbocycles. The van der Waals surface area contributed by atoms with Crippen LogP contribution in [-0.2, 0) is 14.3 Å². The van der Waals surface area contributed by atoms with Gasteiger partial charge in [-0.15, -0.1) is 0 Å². The Balaban J connectivity index is 0.000000184. The number of hydrogen-bond acceptors (Lipinski definition) is 5. The van der Waals surface area contributed by atoms with Crippen LogP contribution in [0.25, 0.3) is 0 Å². The highest BCUT2D eigenvalue weighted by Crippen LogP contribution is 2.09. The minimum Gasteiger partial charge on any atom is -0.380 e. The highest BCUT2D eigenvalue weighted by Gasteiger charge is 2.26. The topological polar surface area (TPSA) is 67.4 Å². The quantitative estimate of drug-likeness (QED) is 0.759. The van der Waals surface area contributed by atoms with E-state index in [0.717, 1.165) is 32.4 Å². The molecule has 5 nitrogen and oxygen atoms in total. The highest BCUT2D eigenvalue weighted by atomic mass is 16.5. The first-order valence-electron chi connectivity index (χ1n) is 6.55. The van der Waals surface area contributed by atoms with Crippen molar-refractivity contribution in [1.29, 1.82) is 0 Å². The third-order valence-corrected chi connectivity index (χ3v) is 3.47. The number of methoxy groups -OCH3 is 1. The Labute approximate surface area is 109 Å². The van der Waals surface area contributed by atoms with Crippen molar-refractivity contribution < 1.29 is 14.3 Å².